The molecule has 0 bridgehead atoms. The van der Waals surface area contributed by atoms with Gasteiger partial charge in [0.25, 0.3) is 5.91 Å². The molecule has 2 amide bonds. The van der Waals surface area contributed by atoms with Gasteiger partial charge in [-0.2, -0.15) is 0 Å². The number of hydrogen-bond acceptors (Lipinski definition) is 2. The van der Waals surface area contributed by atoms with E-state index in [9.17, 15) is 9.59 Å². The number of anilines is 1. The highest BCUT2D eigenvalue weighted by Gasteiger charge is 2.11. The van der Waals surface area contributed by atoms with Gasteiger partial charge in [-0.15, -0.1) is 0 Å². The van der Waals surface area contributed by atoms with Gasteiger partial charge in [0.1, 0.15) is 0 Å². The fourth-order valence-corrected chi connectivity index (χ4v) is 2.36. The van der Waals surface area contributed by atoms with Gasteiger partial charge in [0.05, 0.1) is 6.54 Å². The lowest BCUT2D eigenvalue weighted by Gasteiger charge is -2.14. The molecule has 0 atom stereocenters. The Hall–Kier alpha value is -2.62. The molecule has 2 aromatic carbocycles. The van der Waals surface area contributed by atoms with Gasteiger partial charge in [0, 0.05) is 11.3 Å². The summed E-state index contributed by atoms with van der Waals surface area (Å²) >= 11 is 0. The van der Waals surface area contributed by atoms with Crippen molar-refractivity contribution in [2.75, 3.05) is 11.9 Å². The summed E-state index contributed by atoms with van der Waals surface area (Å²) in [5.41, 5.74) is 3.43. The molecule has 0 saturated carbocycles. The third kappa shape index (κ3) is 4.68. The van der Waals surface area contributed by atoms with E-state index >= 15 is 0 Å². The molecule has 0 aromatic heterocycles. The summed E-state index contributed by atoms with van der Waals surface area (Å²) < 4.78 is 0. The van der Waals surface area contributed by atoms with E-state index in [0.29, 0.717) is 11.5 Å². The van der Waals surface area contributed by atoms with Crippen LogP contribution in [0.1, 0.15) is 41.3 Å². The quantitative estimate of drug-likeness (QED) is 0.888. The zero-order chi connectivity index (χ0) is 16.8. The van der Waals surface area contributed by atoms with Crippen LogP contribution >= 0.6 is 0 Å². The standard InChI is InChI=1S/C19H22N2O2/c1-13(2)16-9-4-5-10-17(16)21-18(22)12-20-19(23)15-8-6-7-14(3)11-15/h4-11,13H,12H2,1-3H3,(H,20,23)(H,21,22). The Bertz CT molecular complexity index is 708. The molecule has 4 heteroatoms. The van der Waals surface area contributed by atoms with Crippen LogP contribution in [0, 0.1) is 6.92 Å². The molecule has 0 unspecified atom stereocenters. The maximum absolute atomic E-state index is 12.1. The smallest absolute Gasteiger partial charge is 0.251 e. The first-order chi connectivity index (χ1) is 11.0. The summed E-state index contributed by atoms with van der Waals surface area (Å²) in [6, 6.07) is 15.0. The highest BCUT2D eigenvalue weighted by atomic mass is 16.2. The minimum atomic E-state index is -0.249. The van der Waals surface area contributed by atoms with Crippen LogP contribution in [0.4, 0.5) is 5.69 Å². The average Bonchev–Trinajstić information content (AvgIpc) is 2.53. The van der Waals surface area contributed by atoms with Gasteiger partial charge >= 0.3 is 0 Å². The summed E-state index contributed by atoms with van der Waals surface area (Å²) in [5, 5.41) is 5.50. The fourth-order valence-electron chi connectivity index (χ4n) is 2.36. The fraction of sp³-hybridized carbons (Fsp3) is 0.263. The number of rotatable bonds is 5. The van der Waals surface area contributed by atoms with Crippen LogP contribution in [-0.2, 0) is 4.79 Å². The predicted octanol–water partition coefficient (Wildman–Crippen LogP) is 3.49. The van der Waals surface area contributed by atoms with Gasteiger partial charge in [-0.05, 0) is 36.6 Å². The van der Waals surface area contributed by atoms with Crippen molar-refractivity contribution in [1.29, 1.82) is 0 Å². The van der Waals surface area contributed by atoms with Gasteiger partial charge in [0.15, 0.2) is 0 Å². The second-order valence-corrected chi connectivity index (χ2v) is 5.84. The number of aryl methyl sites for hydroxylation is 1. The Kier molecular flexibility index (Phi) is 5.52. The third-order valence-corrected chi connectivity index (χ3v) is 3.55. The number of benzene rings is 2. The van der Waals surface area contributed by atoms with Crippen LogP contribution in [0.2, 0.25) is 0 Å². The van der Waals surface area contributed by atoms with Crippen molar-refractivity contribution in [3.05, 3.63) is 65.2 Å². The summed E-state index contributed by atoms with van der Waals surface area (Å²) in [7, 11) is 0. The lowest BCUT2D eigenvalue weighted by Crippen LogP contribution is -2.33. The number of amides is 2. The summed E-state index contributed by atoms with van der Waals surface area (Å²) in [4.78, 5) is 24.1. The second-order valence-electron chi connectivity index (χ2n) is 5.84. The van der Waals surface area contributed by atoms with Crippen molar-refractivity contribution in [2.24, 2.45) is 0 Å². The monoisotopic (exact) mass is 310 g/mol. The molecule has 2 aromatic rings. The lowest BCUT2D eigenvalue weighted by atomic mass is 10.0. The Morgan fingerprint density at radius 2 is 1.78 bits per heavy atom. The van der Waals surface area contributed by atoms with Crippen molar-refractivity contribution in [2.45, 2.75) is 26.7 Å². The number of nitrogens with one attached hydrogen (secondary N) is 2. The number of para-hydroxylation sites is 1. The van der Waals surface area contributed by atoms with Crippen molar-refractivity contribution in [3.63, 3.8) is 0 Å². The zero-order valence-corrected chi connectivity index (χ0v) is 13.7. The van der Waals surface area contributed by atoms with Crippen LogP contribution in [0.3, 0.4) is 0 Å². The minimum Gasteiger partial charge on any atom is -0.343 e. The molecule has 0 fully saturated rings. The first-order valence-electron chi connectivity index (χ1n) is 7.71. The van der Waals surface area contributed by atoms with E-state index in [1.165, 1.54) is 0 Å². The molecule has 0 heterocycles. The van der Waals surface area contributed by atoms with Gasteiger partial charge < -0.3 is 10.6 Å². The average molecular weight is 310 g/mol. The van der Waals surface area contributed by atoms with Gasteiger partial charge in [0.2, 0.25) is 5.91 Å². The Balaban J connectivity index is 1.94. The highest BCUT2D eigenvalue weighted by molar-refractivity contribution is 5.99. The van der Waals surface area contributed by atoms with Crippen LogP contribution in [-0.4, -0.2) is 18.4 Å². The summed E-state index contributed by atoms with van der Waals surface area (Å²) in [6.07, 6.45) is 0. The molecular weight excluding hydrogens is 288 g/mol. The third-order valence-electron chi connectivity index (χ3n) is 3.55. The number of carbonyl (C=O) groups excluding carboxylic acids is 2. The first-order valence-corrected chi connectivity index (χ1v) is 7.71. The van der Waals surface area contributed by atoms with Gasteiger partial charge in [-0.3, -0.25) is 9.59 Å². The molecule has 4 nitrogen and oxygen atoms in total. The van der Waals surface area contributed by atoms with Crippen LogP contribution in [0.15, 0.2) is 48.5 Å². The van der Waals surface area contributed by atoms with E-state index in [4.69, 9.17) is 0 Å². The van der Waals surface area contributed by atoms with E-state index in [1.54, 1.807) is 12.1 Å². The largest absolute Gasteiger partial charge is 0.343 e. The molecule has 120 valence electrons. The van der Waals surface area contributed by atoms with Crippen molar-refractivity contribution in [3.8, 4) is 0 Å². The normalized spacial score (nSPS) is 10.4. The zero-order valence-electron chi connectivity index (χ0n) is 13.7. The maximum atomic E-state index is 12.1. The molecule has 0 saturated heterocycles. The van der Waals surface area contributed by atoms with Crippen molar-refractivity contribution < 1.29 is 9.59 Å². The number of carbonyl (C=O) groups is 2. The lowest BCUT2D eigenvalue weighted by molar-refractivity contribution is -0.115. The Labute approximate surface area is 136 Å². The van der Waals surface area contributed by atoms with E-state index in [0.717, 1.165) is 16.8 Å². The van der Waals surface area contributed by atoms with Gasteiger partial charge in [-0.1, -0.05) is 49.7 Å². The molecule has 2 rings (SSSR count). The molecular formula is C19H22N2O2. The first kappa shape index (κ1) is 16.7. The van der Waals surface area contributed by atoms with Gasteiger partial charge in [-0.25, -0.2) is 0 Å². The molecule has 23 heavy (non-hydrogen) atoms. The predicted molar refractivity (Wildman–Crippen MR) is 92.7 cm³/mol. The molecule has 2 N–H and O–H groups in total. The SMILES string of the molecule is Cc1cccc(C(=O)NCC(=O)Nc2ccccc2C(C)C)c1. The molecule has 0 spiro atoms. The molecule has 0 aliphatic heterocycles. The summed E-state index contributed by atoms with van der Waals surface area (Å²) in [6.45, 7) is 6.01. The topological polar surface area (TPSA) is 58.2 Å². The second kappa shape index (κ2) is 7.58. The Morgan fingerprint density at radius 3 is 2.48 bits per heavy atom. The molecule has 0 aliphatic carbocycles. The van der Waals surface area contributed by atoms with E-state index in [2.05, 4.69) is 24.5 Å². The van der Waals surface area contributed by atoms with Crippen molar-refractivity contribution >= 4 is 17.5 Å². The van der Waals surface area contributed by atoms with Crippen LogP contribution in [0.25, 0.3) is 0 Å². The Morgan fingerprint density at radius 1 is 1.04 bits per heavy atom. The van der Waals surface area contributed by atoms with Crippen LogP contribution in [0.5, 0.6) is 0 Å². The van der Waals surface area contributed by atoms with E-state index in [-0.39, 0.29) is 18.4 Å². The number of hydrogen-bond donors (Lipinski definition) is 2. The minimum absolute atomic E-state index is 0.0563. The maximum Gasteiger partial charge on any atom is 0.251 e. The molecule has 0 radical (unpaired) electrons. The van der Waals surface area contributed by atoms with Crippen LogP contribution < -0.4 is 10.6 Å². The summed E-state index contributed by atoms with van der Waals surface area (Å²) in [5.74, 6) is -0.173. The van der Waals surface area contributed by atoms with E-state index < -0.39 is 0 Å². The van der Waals surface area contributed by atoms with Crippen molar-refractivity contribution in [1.82, 2.24) is 5.32 Å². The van der Waals surface area contributed by atoms with E-state index in [1.807, 2.05) is 43.3 Å². The highest BCUT2D eigenvalue weighted by Crippen LogP contribution is 2.23. The molecule has 0 aliphatic rings.